The van der Waals surface area contributed by atoms with Gasteiger partial charge in [0.2, 0.25) is 0 Å². The first-order chi connectivity index (χ1) is 9.11. The smallest absolute Gasteiger partial charge is 0.139 e. The summed E-state index contributed by atoms with van der Waals surface area (Å²) in [5.41, 5.74) is 0.955. The minimum absolute atomic E-state index is 0.352. The molecule has 3 nitrogen and oxygen atoms in total. The van der Waals surface area contributed by atoms with Crippen LogP contribution in [0, 0.1) is 0 Å². The lowest BCUT2D eigenvalue weighted by Gasteiger charge is -2.09. The van der Waals surface area contributed by atoms with Crippen LogP contribution < -0.4 is 10.1 Å². The van der Waals surface area contributed by atoms with Gasteiger partial charge in [-0.05, 0) is 19.2 Å². The van der Waals surface area contributed by atoms with Gasteiger partial charge in [0.05, 0.1) is 27.9 Å². The first kappa shape index (κ1) is 14.5. The highest BCUT2D eigenvalue weighted by atomic mass is 35.5. The molecule has 19 heavy (non-hydrogen) atoms. The van der Waals surface area contributed by atoms with E-state index in [9.17, 15) is 0 Å². The van der Waals surface area contributed by atoms with Crippen molar-refractivity contribution in [2.45, 2.75) is 13.2 Å². The molecule has 0 aliphatic rings. The summed E-state index contributed by atoms with van der Waals surface area (Å²) >= 11 is 17.8. The molecule has 0 aliphatic carbocycles. The fourth-order valence-corrected chi connectivity index (χ4v) is 2.17. The van der Waals surface area contributed by atoms with Crippen molar-refractivity contribution in [3.63, 3.8) is 0 Å². The van der Waals surface area contributed by atoms with Crippen molar-refractivity contribution < 1.29 is 9.15 Å². The van der Waals surface area contributed by atoms with Crippen molar-refractivity contribution in [3.8, 4) is 5.75 Å². The van der Waals surface area contributed by atoms with Crippen LogP contribution in [0.2, 0.25) is 15.1 Å². The Balaban J connectivity index is 2.10. The number of hydrogen-bond donors (Lipinski definition) is 1. The summed E-state index contributed by atoms with van der Waals surface area (Å²) in [5, 5.41) is 4.25. The van der Waals surface area contributed by atoms with Crippen molar-refractivity contribution in [2.24, 2.45) is 0 Å². The van der Waals surface area contributed by atoms with Crippen LogP contribution in [-0.2, 0) is 13.2 Å². The first-order valence-corrected chi connectivity index (χ1v) is 6.72. The highest BCUT2D eigenvalue weighted by molar-refractivity contribution is 6.43. The van der Waals surface area contributed by atoms with Gasteiger partial charge < -0.3 is 14.5 Å². The molecule has 1 aromatic carbocycles. The number of furan rings is 1. The van der Waals surface area contributed by atoms with Crippen molar-refractivity contribution in [3.05, 3.63) is 50.9 Å². The topological polar surface area (TPSA) is 34.4 Å². The van der Waals surface area contributed by atoms with Gasteiger partial charge in [0.1, 0.15) is 18.1 Å². The van der Waals surface area contributed by atoms with Gasteiger partial charge >= 0.3 is 0 Å². The second-order valence-corrected chi connectivity index (χ2v) is 5.11. The van der Waals surface area contributed by atoms with Gasteiger partial charge in [0.15, 0.2) is 0 Å². The molecule has 0 fully saturated rings. The van der Waals surface area contributed by atoms with Crippen LogP contribution in [0.25, 0.3) is 0 Å². The Morgan fingerprint density at radius 2 is 1.89 bits per heavy atom. The largest absolute Gasteiger partial charge is 0.487 e. The molecule has 0 atom stereocenters. The Hall–Kier alpha value is -0.870. The first-order valence-electron chi connectivity index (χ1n) is 5.59. The lowest BCUT2D eigenvalue weighted by molar-refractivity contribution is 0.302. The zero-order valence-corrected chi connectivity index (χ0v) is 12.4. The fraction of sp³-hybridized carbons (Fsp3) is 0.231. The zero-order valence-electron chi connectivity index (χ0n) is 10.2. The van der Waals surface area contributed by atoms with E-state index in [0.29, 0.717) is 34.0 Å². The quantitative estimate of drug-likeness (QED) is 0.821. The molecule has 2 rings (SSSR count). The van der Waals surface area contributed by atoms with Crippen LogP contribution in [0.3, 0.4) is 0 Å². The van der Waals surface area contributed by atoms with Crippen LogP contribution in [-0.4, -0.2) is 7.05 Å². The maximum Gasteiger partial charge on any atom is 0.139 e. The molecule has 6 heteroatoms. The predicted molar refractivity (Wildman–Crippen MR) is 77.3 cm³/mol. The second-order valence-electron chi connectivity index (χ2n) is 3.88. The molecule has 102 valence electrons. The van der Waals surface area contributed by atoms with Crippen molar-refractivity contribution >= 4 is 34.8 Å². The molecular formula is C13H12Cl3NO2. The summed E-state index contributed by atoms with van der Waals surface area (Å²) in [6.45, 7) is 0.992. The number of rotatable bonds is 5. The number of halogens is 3. The van der Waals surface area contributed by atoms with Gasteiger partial charge in [0.25, 0.3) is 0 Å². The molecule has 0 aliphatic heterocycles. The Kier molecular flexibility index (Phi) is 4.99. The van der Waals surface area contributed by atoms with E-state index in [1.54, 1.807) is 18.4 Å². The van der Waals surface area contributed by atoms with Gasteiger partial charge in [-0.25, -0.2) is 0 Å². The molecule has 0 spiro atoms. The van der Waals surface area contributed by atoms with Gasteiger partial charge in [-0.3, -0.25) is 0 Å². The zero-order chi connectivity index (χ0) is 13.8. The standard InChI is InChI=1S/C13H12Cl3NO2/c1-17-6-13-8(2-3-18-13)7-19-12-5-10(15)9(14)4-11(12)16/h2-5,17H,6-7H2,1H3. The SMILES string of the molecule is CNCc1occc1COc1cc(Cl)c(Cl)cc1Cl. The maximum atomic E-state index is 6.04. The molecule has 0 unspecified atom stereocenters. The van der Waals surface area contributed by atoms with E-state index in [-0.39, 0.29) is 0 Å². The molecule has 0 amide bonds. The Labute approximate surface area is 126 Å². The molecule has 1 heterocycles. The van der Waals surface area contributed by atoms with Gasteiger partial charge in [-0.1, -0.05) is 34.8 Å². The van der Waals surface area contributed by atoms with E-state index in [1.807, 2.05) is 13.1 Å². The molecule has 0 saturated carbocycles. The van der Waals surface area contributed by atoms with E-state index in [0.717, 1.165) is 11.3 Å². The van der Waals surface area contributed by atoms with E-state index < -0.39 is 0 Å². The summed E-state index contributed by atoms with van der Waals surface area (Å²) in [6.07, 6.45) is 1.63. The maximum absolute atomic E-state index is 6.04. The Bertz CT molecular complexity index is 569. The second kappa shape index (κ2) is 6.53. The average Bonchev–Trinajstić information content (AvgIpc) is 2.80. The van der Waals surface area contributed by atoms with Crippen LogP contribution in [0.5, 0.6) is 5.75 Å². The number of benzene rings is 1. The van der Waals surface area contributed by atoms with E-state index in [1.165, 1.54) is 0 Å². The molecule has 0 bridgehead atoms. The Morgan fingerprint density at radius 1 is 1.16 bits per heavy atom. The van der Waals surface area contributed by atoms with Crippen LogP contribution in [0.1, 0.15) is 11.3 Å². The van der Waals surface area contributed by atoms with Crippen LogP contribution in [0.4, 0.5) is 0 Å². The minimum atomic E-state index is 0.352. The fourth-order valence-electron chi connectivity index (χ4n) is 1.58. The highest BCUT2D eigenvalue weighted by Crippen LogP contribution is 2.34. The summed E-state index contributed by atoms with van der Waals surface area (Å²) in [6, 6.07) is 5.02. The van der Waals surface area contributed by atoms with Gasteiger partial charge in [-0.2, -0.15) is 0 Å². The summed E-state index contributed by atoms with van der Waals surface area (Å²) < 4.78 is 11.0. The average molecular weight is 321 g/mol. The van der Waals surface area contributed by atoms with Gasteiger partial charge in [0, 0.05) is 11.6 Å². The lowest BCUT2D eigenvalue weighted by Crippen LogP contribution is -2.07. The van der Waals surface area contributed by atoms with Crippen LogP contribution >= 0.6 is 34.8 Å². The lowest BCUT2D eigenvalue weighted by atomic mass is 10.2. The predicted octanol–water partition coefficient (Wildman–Crippen LogP) is 4.54. The van der Waals surface area contributed by atoms with Crippen molar-refractivity contribution in [1.82, 2.24) is 5.32 Å². The Morgan fingerprint density at radius 3 is 2.63 bits per heavy atom. The minimum Gasteiger partial charge on any atom is -0.487 e. The molecule has 1 aromatic heterocycles. The summed E-state index contributed by atoms with van der Waals surface area (Å²) in [7, 11) is 1.85. The molecular weight excluding hydrogens is 309 g/mol. The summed E-state index contributed by atoms with van der Waals surface area (Å²) in [4.78, 5) is 0. The summed E-state index contributed by atoms with van der Waals surface area (Å²) in [5.74, 6) is 1.33. The highest BCUT2D eigenvalue weighted by Gasteiger charge is 2.10. The van der Waals surface area contributed by atoms with Crippen molar-refractivity contribution in [2.75, 3.05) is 7.05 Å². The molecule has 1 N–H and O–H groups in total. The number of ether oxygens (including phenoxy) is 1. The third-order valence-electron chi connectivity index (χ3n) is 2.53. The molecule has 2 aromatic rings. The van der Waals surface area contributed by atoms with Crippen molar-refractivity contribution in [1.29, 1.82) is 0 Å². The van der Waals surface area contributed by atoms with E-state index in [2.05, 4.69) is 5.32 Å². The molecule has 0 radical (unpaired) electrons. The normalized spacial score (nSPS) is 10.7. The number of nitrogens with one attached hydrogen (secondary N) is 1. The van der Waals surface area contributed by atoms with E-state index >= 15 is 0 Å². The van der Waals surface area contributed by atoms with E-state index in [4.69, 9.17) is 44.0 Å². The molecule has 0 saturated heterocycles. The number of hydrogen-bond acceptors (Lipinski definition) is 3. The third kappa shape index (κ3) is 3.57. The monoisotopic (exact) mass is 319 g/mol. The third-order valence-corrected chi connectivity index (χ3v) is 3.55. The van der Waals surface area contributed by atoms with Crippen LogP contribution in [0.15, 0.2) is 28.9 Å². The van der Waals surface area contributed by atoms with Gasteiger partial charge in [-0.15, -0.1) is 0 Å².